The monoisotopic (exact) mass is 419 g/mol. The SMILES string of the molecule is CCOc1ccc2nc(Cl)c([C@H]3C=C(c4ccco4)NN3S(C)(=O)=O)cc2c1. The topological polar surface area (TPSA) is 84.7 Å². The summed E-state index contributed by atoms with van der Waals surface area (Å²) in [5, 5.41) is 1.03. The van der Waals surface area contributed by atoms with Gasteiger partial charge in [0.2, 0.25) is 10.0 Å². The van der Waals surface area contributed by atoms with Crippen molar-refractivity contribution in [3.8, 4) is 5.75 Å². The van der Waals surface area contributed by atoms with Crippen molar-refractivity contribution in [1.82, 2.24) is 14.8 Å². The van der Waals surface area contributed by atoms with E-state index in [2.05, 4.69) is 10.4 Å². The predicted molar refractivity (Wildman–Crippen MR) is 107 cm³/mol. The normalized spacial score (nSPS) is 17.5. The molecule has 4 rings (SSSR count). The summed E-state index contributed by atoms with van der Waals surface area (Å²) in [6.07, 6.45) is 4.40. The molecule has 7 nitrogen and oxygen atoms in total. The Kier molecular flexibility index (Phi) is 4.78. The molecule has 0 bridgehead atoms. The van der Waals surface area contributed by atoms with Crippen molar-refractivity contribution in [3.05, 3.63) is 65.2 Å². The van der Waals surface area contributed by atoms with Gasteiger partial charge in [0.1, 0.15) is 10.9 Å². The van der Waals surface area contributed by atoms with E-state index >= 15 is 0 Å². The number of hydrazine groups is 1. The van der Waals surface area contributed by atoms with E-state index in [-0.39, 0.29) is 5.15 Å². The molecule has 3 aromatic rings. The largest absolute Gasteiger partial charge is 0.494 e. The van der Waals surface area contributed by atoms with Crippen LogP contribution < -0.4 is 10.2 Å². The zero-order valence-corrected chi connectivity index (χ0v) is 16.8. The average molecular weight is 420 g/mol. The van der Waals surface area contributed by atoms with Crippen LogP contribution in [0.3, 0.4) is 0 Å². The molecule has 0 radical (unpaired) electrons. The lowest BCUT2D eigenvalue weighted by atomic mass is 10.1. The zero-order valence-electron chi connectivity index (χ0n) is 15.2. The number of hydrogen-bond acceptors (Lipinski definition) is 6. The van der Waals surface area contributed by atoms with Crippen molar-refractivity contribution < 1.29 is 17.6 Å². The standard InChI is InChI=1S/C19H18ClN3O4S/c1-3-26-13-6-7-15-12(9-13)10-14(19(20)21-15)17-11-16(18-5-4-8-27-18)22-23(17)28(2,24)25/h4-11,17,22H,3H2,1-2H3/t17-/m1/s1. The van der Waals surface area contributed by atoms with Crippen molar-refractivity contribution in [3.63, 3.8) is 0 Å². The van der Waals surface area contributed by atoms with E-state index in [0.29, 0.717) is 34.9 Å². The molecule has 146 valence electrons. The minimum atomic E-state index is -3.59. The van der Waals surface area contributed by atoms with E-state index in [1.54, 1.807) is 18.2 Å². The molecule has 1 aliphatic heterocycles. The fourth-order valence-corrected chi connectivity index (χ4v) is 4.25. The molecule has 2 aromatic heterocycles. The number of nitrogens with zero attached hydrogens (tertiary/aromatic N) is 2. The third-order valence-corrected chi connectivity index (χ3v) is 5.68. The Balaban J connectivity index is 1.84. The Morgan fingerprint density at radius 2 is 2.14 bits per heavy atom. The van der Waals surface area contributed by atoms with Gasteiger partial charge in [0.15, 0.2) is 5.76 Å². The van der Waals surface area contributed by atoms with E-state index in [1.165, 1.54) is 6.26 Å². The number of hydrogen-bond donors (Lipinski definition) is 1. The molecule has 28 heavy (non-hydrogen) atoms. The Hall–Kier alpha value is -2.55. The number of aromatic nitrogens is 1. The van der Waals surface area contributed by atoms with Gasteiger partial charge in [0, 0.05) is 10.9 Å². The molecule has 0 unspecified atom stereocenters. The second-order valence-corrected chi connectivity index (χ2v) is 8.55. The Labute approximate surface area is 167 Å². The third-order valence-electron chi connectivity index (χ3n) is 4.35. The second-order valence-electron chi connectivity index (χ2n) is 6.33. The number of halogens is 1. The van der Waals surface area contributed by atoms with Gasteiger partial charge in [-0.15, -0.1) is 4.41 Å². The number of rotatable bonds is 5. The summed E-state index contributed by atoms with van der Waals surface area (Å²) in [7, 11) is -3.59. The maximum absolute atomic E-state index is 12.4. The summed E-state index contributed by atoms with van der Waals surface area (Å²) in [5.74, 6) is 1.24. The summed E-state index contributed by atoms with van der Waals surface area (Å²) in [6, 6.07) is 10.1. The Bertz CT molecular complexity index is 1160. The average Bonchev–Trinajstić information content (AvgIpc) is 3.31. The lowest BCUT2D eigenvalue weighted by molar-refractivity contribution is 0.340. The molecule has 1 N–H and O–H groups in total. The Morgan fingerprint density at radius 3 is 2.82 bits per heavy atom. The van der Waals surface area contributed by atoms with Crippen molar-refractivity contribution >= 4 is 38.2 Å². The molecule has 1 atom stereocenters. The minimum Gasteiger partial charge on any atom is -0.494 e. The predicted octanol–water partition coefficient (Wildman–Crippen LogP) is 3.74. The molecule has 1 aromatic carbocycles. The van der Waals surface area contributed by atoms with Crippen molar-refractivity contribution in [2.75, 3.05) is 12.9 Å². The molecular formula is C19H18ClN3O4S. The highest BCUT2D eigenvalue weighted by molar-refractivity contribution is 7.88. The van der Waals surface area contributed by atoms with Gasteiger partial charge in [-0.05, 0) is 49.4 Å². The van der Waals surface area contributed by atoms with Crippen molar-refractivity contribution in [1.29, 1.82) is 0 Å². The van der Waals surface area contributed by atoms with Crippen molar-refractivity contribution in [2.24, 2.45) is 0 Å². The van der Waals surface area contributed by atoms with Crippen LogP contribution in [-0.2, 0) is 10.0 Å². The van der Waals surface area contributed by atoms with Gasteiger partial charge < -0.3 is 14.6 Å². The van der Waals surface area contributed by atoms with E-state index in [1.807, 2.05) is 31.2 Å². The molecular weight excluding hydrogens is 402 g/mol. The maximum Gasteiger partial charge on any atom is 0.228 e. The summed E-state index contributed by atoms with van der Waals surface area (Å²) in [5.41, 5.74) is 4.69. The van der Waals surface area contributed by atoms with Gasteiger partial charge in [0.25, 0.3) is 0 Å². The van der Waals surface area contributed by atoms with Crippen LogP contribution in [0.25, 0.3) is 16.6 Å². The molecule has 0 spiro atoms. The smallest absolute Gasteiger partial charge is 0.228 e. The Morgan fingerprint density at radius 1 is 1.32 bits per heavy atom. The molecule has 0 amide bonds. The fraction of sp³-hybridized carbons (Fsp3) is 0.211. The van der Waals surface area contributed by atoms with Crippen LogP contribution in [-0.4, -0.2) is 30.7 Å². The molecule has 0 fully saturated rings. The van der Waals surface area contributed by atoms with Gasteiger partial charge in [-0.25, -0.2) is 13.4 Å². The van der Waals surface area contributed by atoms with Crippen LogP contribution in [0.2, 0.25) is 5.15 Å². The third kappa shape index (κ3) is 3.46. The van der Waals surface area contributed by atoms with Gasteiger partial charge in [-0.3, -0.25) is 0 Å². The van der Waals surface area contributed by atoms with E-state index in [0.717, 1.165) is 16.1 Å². The van der Waals surface area contributed by atoms with Gasteiger partial charge in [0.05, 0.1) is 36.4 Å². The second kappa shape index (κ2) is 7.12. The molecule has 0 saturated heterocycles. The summed E-state index contributed by atoms with van der Waals surface area (Å²) in [4.78, 5) is 4.43. The van der Waals surface area contributed by atoms with Crippen LogP contribution in [0, 0.1) is 0 Å². The summed E-state index contributed by atoms with van der Waals surface area (Å²) < 4.78 is 36.8. The van der Waals surface area contributed by atoms with Crippen LogP contribution in [0.5, 0.6) is 5.75 Å². The van der Waals surface area contributed by atoms with E-state index in [9.17, 15) is 8.42 Å². The summed E-state index contributed by atoms with van der Waals surface area (Å²) in [6.45, 7) is 2.45. The highest BCUT2D eigenvalue weighted by atomic mass is 35.5. The van der Waals surface area contributed by atoms with Gasteiger partial charge in [-0.1, -0.05) is 11.6 Å². The van der Waals surface area contributed by atoms with E-state index < -0.39 is 16.1 Å². The van der Waals surface area contributed by atoms with Crippen LogP contribution in [0.15, 0.2) is 53.2 Å². The first-order valence-corrected chi connectivity index (χ1v) is 10.8. The molecule has 0 aliphatic carbocycles. The van der Waals surface area contributed by atoms with E-state index in [4.69, 9.17) is 20.8 Å². The van der Waals surface area contributed by atoms with Gasteiger partial charge >= 0.3 is 0 Å². The number of fused-ring (bicyclic) bond motifs is 1. The number of pyridine rings is 1. The molecule has 1 aliphatic rings. The number of sulfonamides is 1. The fourth-order valence-electron chi connectivity index (χ4n) is 3.14. The molecule has 3 heterocycles. The first-order chi connectivity index (χ1) is 13.4. The molecule has 0 saturated carbocycles. The van der Waals surface area contributed by atoms with Gasteiger partial charge in [-0.2, -0.15) is 0 Å². The number of ether oxygens (including phenoxy) is 1. The number of furan rings is 1. The molecule has 9 heteroatoms. The lowest BCUT2D eigenvalue weighted by Crippen LogP contribution is -2.38. The number of benzene rings is 1. The first-order valence-electron chi connectivity index (χ1n) is 8.61. The maximum atomic E-state index is 12.4. The highest BCUT2D eigenvalue weighted by Crippen LogP contribution is 2.37. The zero-order chi connectivity index (χ0) is 19.9. The minimum absolute atomic E-state index is 0.231. The van der Waals surface area contributed by atoms with Crippen LogP contribution in [0.1, 0.15) is 24.3 Å². The first kappa shape index (κ1) is 18.8. The quantitative estimate of drug-likeness (QED) is 0.634. The number of nitrogens with one attached hydrogen (secondary N) is 1. The lowest BCUT2D eigenvalue weighted by Gasteiger charge is -2.23. The van der Waals surface area contributed by atoms with Crippen LogP contribution >= 0.6 is 11.6 Å². The van der Waals surface area contributed by atoms with Crippen LogP contribution in [0.4, 0.5) is 0 Å². The van der Waals surface area contributed by atoms with Crippen molar-refractivity contribution in [2.45, 2.75) is 13.0 Å². The summed E-state index contributed by atoms with van der Waals surface area (Å²) >= 11 is 6.43. The highest BCUT2D eigenvalue weighted by Gasteiger charge is 2.35.